The number of amides is 6. The number of esters is 1. The van der Waals surface area contributed by atoms with E-state index >= 15 is 0 Å². The topological polar surface area (TPSA) is 232 Å². The molecule has 0 spiro atoms. The normalized spacial score (nSPS) is 30.6. The number of ether oxygens (including phenoxy) is 1. The van der Waals surface area contributed by atoms with Crippen LogP contribution in [-0.4, -0.2) is 95.7 Å². The van der Waals surface area contributed by atoms with Crippen molar-refractivity contribution in [3.63, 3.8) is 0 Å². The van der Waals surface area contributed by atoms with Gasteiger partial charge in [-0.1, -0.05) is 73.0 Å². The maximum Gasteiger partial charge on any atom is 0.325 e. The first kappa shape index (κ1) is 52.0. The number of nitrogens with one attached hydrogen (secondary N) is 4. The van der Waals surface area contributed by atoms with Crippen LogP contribution in [0.4, 0.5) is 0 Å². The summed E-state index contributed by atoms with van der Waals surface area (Å²) in [5.41, 5.74) is 12.9. The third kappa shape index (κ3) is 12.5. The summed E-state index contributed by atoms with van der Waals surface area (Å²) in [6.45, 7) is 18.9. The van der Waals surface area contributed by atoms with Crippen molar-refractivity contribution in [1.82, 2.24) is 26.2 Å². The van der Waals surface area contributed by atoms with Crippen LogP contribution in [0, 0.1) is 52.3 Å². The second-order valence-corrected chi connectivity index (χ2v) is 22.0. The van der Waals surface area contributed by atoms with Gasteiger partial charge in [0.1, 0.15) is 36.8 Å². The molecule has 1 heterocycles. The Morgan fingerprint density at radius 3 is 2.17 bits per heavy atom. The van der Waals surface area contributed by atoms with Crippen LogP contribution in [0.3, 0.4) is 0 Å². The number of fused-ring (bicyclic) bond motifs is 5. The third-order valence-corrected chi connectivity index (χ3v) is 16.4. The van der Waals surface area contributed by atoms with E-state index in [9.17, 15) is 33.6 Å². The van der Waals surface area contributed by atoms with Gasteiger partial charge in [-0.3, -0.25) is 33.6 Å². The van der Waals surface area contributed by atoms with Crippen molar-refractivity contribution in [1.29, 1.82) is 0 Å². The number of carbonyl (C=O) groups is 7. The molecule has 6 amide bonds. The van der Waals surface area contributed by atoms with Crippen molar-refractivity contribution in [3.8, 4) is 0 Å². The Morgan fingerprint density at radius 1 is 0.800 bits per heavy atom. The fraction of sp³-hybridized carbons (Fsp3) is 0.820. The lowest BCUT2D eigenvalue weighted by atomic mass is 9.47. The molecular formula is C50H83N7O8. The van der Waals surface area contributed by atoms with Gasteiger partial charge in [0.2, 0.25) is 35.4 Å². The van der Waals surface area contributed by atoms with Gasteiger partial charge in [0, 0.05) is 19.4 Å². The van der Waals surface area contributed by atoms with Gasteiger partial charge in [0.25, 0.3) is 0 Å². The molecule has 0 aromatic heterocycles. The molecule has 5 rings (SSSR count). The highest BCUT2D eigenvalue weighted by Crippen LogP contribution is 2.67. The number of hydrogen-bond donors (Lipinski definition) is 6. The first-order chi connectivity index (χ1) is 30.5. The van der Waals surface area contributed by atoms with E-state index in [1.807, 2.05) is 13.8 Å². The van der Waals surface area contributed by atoms with E-state index < -0.39 is 71.6 Å². The summed E-state index contributed by atoms with van der Waals surface area (Å²) in [4.78, 5) is 92.9. The Balaban J connectivity index is 1.15. The number of rotatable bonds is 20. The lowest BCUT2D eigenvalue weighted by molar-refractivity contribution is -0.152. The Labute approximate surface area is 388 Å². The van der Waals surface area contributed by atoms with E-state index in [2.05, 4.69) is 62.0 Å². The largest absolute Gasteiger partial charge is 0.461 e. The van der Waals surface area contributed by atoms with Crippen LogP contribution in [0.25, 0.3) is 0 Å². The Bertz CT molecular complexity index is 1780. The number of allylic oxidation sites excluding steroid dienone is 1. The molecule has 0 aromatic rings. The second kappa shape index (κ2) is 22.2. The predicted octanol–water partition coefficient (Wildman–Crippen LogP) is 4.79. The van der Waals surface area contributed by atoms with Crippen molar-refractivity contribution in [2.45, 2.75) is 195 Å². The van der Waals surface area contributed by atoms with Gasteiger partial charge in [0.15, 0.2) is 0 Å². The number of likely N-dealkylation sites (tertiary alicyclic amines) is 1. The lowest BCUT2D eigenvalue weighted by Gasteiger charge is -2.58. The Hall–Kier alpha value is -4.01. The number of hydrogen-bond acceptors (Lipinski definition) is 9. The molecule has 1 aliphatic heterocycles. The highest BCUT2D eigenvalue weighted by molar-refractivity contribution is 5.96. The predicted molar refractivity (Wildman–Crippen MR) is 249 cm³/mol. The van der Waals surface area contributed by atoms with Gasteiger partial charge in [-0.05, 0) is 137 Å². The summed E-state index contributed by atoms with van der Waals surface area (Å²) in [6.07, 6.45) is 14.6. The molecule has 4 fully saturated rings. The molecule has 15 heteroatoms. The van der Waals surface area contributed by atoms with Crippen LogP contribution in [0.2, 0.25) is 0 Å². The van der Waals surface area contributed by atoms with Crippen molar-refractivity contribution >= 4 is 41.4 Å². The van der Waals surface area contributed by atoms with Crippen molar-refractivity contribution in [3.05, 3.63) is 11.6 Å². The minimum Gasteiger partial charge on any atom is -0.461 e. The zero-order valence-corrected chi connectivity index (χ0v) is 41.0. The number of carbonyl (C=O) groups excluding carboxylic acids is 7. The number of nitrogens with zero attached hydrogens (tertiary/aromatic N) is 1. The minimum atomic E-state index is -1.25. The maximum atomic E-state index is 14.1. The summed E-state index contributed by atoms with van der Waals surface area (Å²) in [6, 6.07) is -5.07. The first-order valence-electron chi connectivity index (χ1n) is 25.0. The summed E-state index contributed by atoms with van der Waals surface area (Å²) in [5.74, 6) is 0.336. The Morgan fingerprint density at radius 2 is 1.51 bits per heavy atom. The Kier molecular flexibility index (Phi) is 17.7. The molecule has 0 unspecified atom stereocenters. The van der Waals surface area contributed by atoms with Gasteiger partial charge >= 0.3 is 5.97 Å². The van der Waals surface area contributed by atoms with Crippen molar-refractivity contribution in [2.24, 2.45) is 63.7 Å². The average Bonchev–Trinajstić information content (AvgIpc) is 3.87. The highest BCUT2D eigenvalue weighted by Gasteiger charge is 2.59. The van der Waals surface area contributed by atoms with Crippen molar-refractivity contribution < 1.29 is 38.3 Å². The first-order valence-corrected chi connectivity index (χ1v) is 25.0. The third-order valence-electron chi connectivity index (χ3n) is 16.4. The molecule has 0 bridgehead atoms. The van der Waals surface area contributed by atoms with E-state index in [1.165, 1.54) is 62.8 Å². The quantitative estimate of drug-likeness (QED) is 0.0728. The van der Waals surface area contributed by atoms with E-state index in [1.54, 1.807) is 0 Å². The van der Waals surface area contributed by atoms with Gasteiger partial charge in [-0.15, -0.1) is 0 Å². The molecule has 366 valence electrons. The zero-order chi connectivity index (χ0) is 48.0. The monoisotopic (exact) mass is 910 g/mol. The summed E-state index contributed by atoms with van der Waals surface area (Å²) >= 11 is 0. The molecule has 5 aliphatic rings. The molecule has 3 saturated carbocycles. The van der Waals surface area contributed by atoms with E-state index in [4.69, 9.17) is 16.2 Å². The van der Waals surface area contributed by atoms with Gasteiger partial charge in [-0.25, -0.2) is 0 Å². The number of nitrogens with two attached hydrogens (primary N) is 2. The zero-order valence-electron chi connectivity index (χ0n) is 41.0. The molecule has 4 aliphatic carbocycles. The maximum absolute atomic E-state index is 14.1. The lowest BCUT2D eigenvalue weighted by Crippen LogP contribution is -2.58. The van der Waals surface area contributed by atoms with Crippen LogP contribution < -0.4 is 32.7 Å². The van der Waals surface area contributed by atoms with Crippen LogP contribution in [-0.2, 0) is 38.3 Å². The van der Waals surface area contributed by atoms with Crippen LogP contribution in [0.5, 0.6) is 0 Å². The van der Waals surface area contributed by atoms with E-state index in [0.29, 0.717) is 30.1 Å². The van der Waals surface area contributed by atoms with Crippen LogP contribution in [0.1, 0.15) is 159 Å². The molecule has 1 saturated heterocycles. The standard InChI is InChI=1S/C50H83N7O8/c1-28(2)12-13-30(5)36-16-17-37-35-15-14-33-26-34(20-22-49(33,8)38(35)21-23-50(36,37)9)65-43(59)27-53-47(63)41-11-10-24-57(41)48(64)40(25-29(3)4)56-46(62)39(18-19-42(52)58)55-45(61)32(7)54-44(60)31(6)51/h14,28-32,34-41H,10-13,15-27,51H2,1-9H3,(H2,52,58)(H,53,63)(H,54,60)(H,55,61)(H,56,62)/t30-,31+,32+,34-,35+,36-,37+,38+,39+,40+,41+,49+,50-/m1/s1. The second-order valence-electron chi connectivity index (χ2n) is 22.0. The molecule has 65 heavy (non-hydrogen) atoms. The fourth-order valence-electron chi connectivity index (χ4n) is 12.7. The van der Waals surface area contributed by atoms with Crippen molar-refractivity contribution in [2.75, 3.05) is 13.1 Å². The molecule has 8 N–H and O–H groups in total. The molecule has 0 aromatic carbocycles. The van der Waals surface area contributed by atoms with Gasteiger partial charge in [-0.2, -0.15) is 0 Å². The summed E-state index contributed by atoms with van der Waals surface area (Å²) in [5, 5.41) is 10.5. The van der Waals surface area contributed by atoms with Crippen LogP contribution in [0.15, 0.2) is 11.6 Å². The fourth-order valence-corrected chi connectivity index (χ4v) is 12.7. The van der Waals surface area contributed by atoms with Gasteiger partial charge in [0.05, 0.1) is 6.04 Å². The van der Waals surface area contributed by atoms with E-state index in [0.717, 1.165) is 49.4 Å². The molecule has 13 atom stereocenters. The molecular weight excluding hydrogens is 827 g/mol. The molecule has 15 nitrogen and oxygen atoms in total. The van der Waals surface area contributed by atoms with Gasteiger partial charge < -0.3 is 42.4 Å². The molecule has 0 radical (unpaired) electrons. The SMILES string of the molecule is CC(C)CC[C@@H](C)[C@H]1CC[C@H]2[C@@H]3CC=C4C[C@H](OC(=O)CNC(=O)[C@@H]5CCCN5C(=O)[C@H](CC(C)C)NC(=O)[C@H](CCC(N)=O)NC(=O)[C@H](C)NC(=O)[C@H](C)N)CC[C@]4(C)[C@H]3CC[C@]12C. The highest BCUT2D eigenvalue weighted by atomic mass is 16.5. The smallest absolute Gasteiger partial charge is 0.325 e. The number of primary amides is 1. The summed E-state index contributed by atoms with van der Waals surface area (Å²) < 4.78 is 6.02. The summed E-state index contributed by atoms with van der Waals surface area (Å²) in [7, 11) is 0. The van der Waals surface area contributed by atoms with E-state index in [-0.39, 0.29) is 49.8 Å². The minimum absolute atomic E-state index is 0.0452. The van der Waals surface area contributed by atoms with Crippen LogP contribution >= 0.6 is 0 Å². The average molecular weight is 910 g/mol.